The zero-order valence-electron chi connectivity index (χ0n) is 15.2. The van der Waals surface area contributed by atoms with E-state index in [9.17, 15) is 4.79 Å². The van der Waals surface area contributed by atoms with Gasteiger partial charge in [0.1, 0.15) is 0 Å². The number of amides is 1. The van der Waals surface area contributed by atoms with Crippen molar-refractivity contribution in [2.75, 3.05) is 19.8 Å². The van der Waals surface area contributed by atoms with Gasteiger partial charge in [-0.2, -0.15) is 0 Å². The number of ether oxygens (including phenoxy) is 1. The molecule has 3 aliphatic rings. The molecule has 2 aliphatic carbocycles. The summed E-state index contributed by atoms with van der Waals surface area (Å²) in [5.74, 6) is 1.31. The zero-order valence-corrected chi connectivity index (χ0v) is 15.2. The molecule has 4 heteroatoms. The SMILES string of the molecule is O=C(C1CC12CCOCC2)N(Cc1ccncc1)CC1CCCCC1. The van der Waals surface area contributed by atoms with Crippen LogP contribution in [0, 0.1) is 17.3 Å². The van der Waals surface area contributed by atoms with Crippen LogP contribution >= 0.6 is 0 Å². The van der Waals surface area contributed by atoms with Crippen molar-refractivity contribution in [2.24, 2.45) is 17.3 Å². The molecule has 3 fully saturated rings. The first kappa shape index (κ1) is 17.0. The number of aromatic nitrogens is 1. The van der Waals surface area contributed by atoms with Crippen LogP contribution in [0.1, 0.15) is 56.9 Å². The van der Waals surface area contributed by atoms with Gasteiger partial charge in [-0.1, -0.05) is 19.3 Å². The molecule has 1 aromatic heterocycles. The van der Waals surface area contributed by atoms with Gasteiger partial charge >= 0.3 is 0 Å². The Morgan fingerprint density at radius 1 is 1.16 bits per heavy atom. The number of hydrogen-bond donors (Lipinski definition) is 0. The maximum absolute atomic E-state index is 13.3. The van der Waals surface area contributed by atoms with Gasteiger partial charge in [-0.3, -0.25) is 9.78 Å². The molecule has 1 aromatic rings. The van der Waals surface area contributed by atoms with E-state index in [0.717, 1.165) is 45.6 Å². The molecular formula is C21H30N2O2. The molecule has 4 rings (SSSR count). The van der Waals surface area contributed by atoms with E-state index in [4.69, 9.17) is 4.74 Å². The highest BCUT2D eigenvalue weighted by Crippen LogP contribution is 2.59. The number of carbonyl (C=O) groups excluding carboxylic acids is 1. The van der Waals surface area contributed by atoms with E-state index < -0.39 is 0 Å². The highest BCUT2D eigenvalue weighted by atomic mass is 16.5. The molecule has 1 amide bonds. The summed E-state index contributed by atoms with van der Waals surface area (Å²) in [4.78, 5) is 19.6. The van der Waals surface area contributed by atoms with Crippen molar-refractivity contribution < 1.29 is 9.53 Å². The lowest BCUT2D eigenvalue weighted by Gasteiger charge is -2.31. The van der Waals surface area contributed by atoms with Crippen LogP contribution in [0.5, 0.6) is 0 Å². The fourth-order valence-electron chi connectivity index (χ4n) is 4.87. The monoisotopic (exact) mass is 342 g/mol. The first-order chi connectivity index (χ1) is 12.3. The summed E-state index contributed by atoms with van der Waals surface area (Å²) in [6.45, 7) is 3.33. The maximum atomic E-state index is 13.3. The molecule has 1 atom stereocenters. The van der Waals surface area contributed by atoms with Crippen LogP contribution in [0.15, 0.2) is 24.5 Å². The Morgan fingerprint density at radius 3 is 2.60 bits per heavy atom. The molecule has 4 nitrogen and oxygen atoms in total. The van der Waals surface area contributed by atoms with Crippen molar-refractivity contribution in [1.82, 2.24) is 9.88 Å². The third-order valence-corrected chi connectivity index (χ3v) is 6.61. The molecule has 1 spiro atoms. The highest BCUT2D eigenvalue weighted by molar-refractivity contribution is 5.82. The molecule has 136 valence electrons. The Morgan fingerprint density at radius 2 is 1.88 bits per heavy atom. The van der Waals surface area contributed by atoms with Gasteiger partial charge in [0.15, 0.2) is 0 Å². The minimum absolute atomic E-state index is 0.238. The van der Waals surface area contributed by atoms with Crippen molar-refractivity contribution in [3.05, 3.63) is 30.1 Å². The standard InChI is InChI=1S/C21H30N2O2/c24-20(19-14-21(19)8-12-25-13-9-21)23(15-17-4-2-1-3-5-17)16-18-6-10-22-11-7-18/h6-7,10-11,17,19H,1-5,8-9,12-16H2. The summed E-state index contributed by atoms with van der Waals surface area (Å²) in [6.07, 6.45) is 13.4. The van der Waals surface area contributed by atoms with E-state index in [1.807, 2.05) is 24.5 Å². The van der Waals surface area contributed by atoms with Gasteiger partial charge in [0, 0.05) is 44.6 Å². The molecule has 1 aliphatic heterocycles. The normalized spacial score (nSPS) is 25.7. The Bertz CT molecular complexity index is 577. The summed E-state index contributed by atoms with van der Waals surface area (Å²) in [6, 6.07) is 4.08. The van der Waals surface area contributed by atoms with E-state index in [0.29, 0.717) is 11.8 Å². The quantitative estimate of drug-likeness (QED) is 0.817. The zero-order chi connectivity index (χ0) is 17.1. The predicted molar refractivity (Wildman–Crippen MR) is 96.8 cm³/mol. The van der Waals surface area contributed by atoms with Crippen LogP contribution in [-0.4, -0.2) is 35.5 Å². The smallest absolute Gasteiger partial charge is 0.226 e. The minimum atomic E-state index is 0.238. The number of hydrogen-bond acceptors (Lipinski definition) is 3. The third-order valence-electron chi connectivity index (χ3n) is 6.61. The first-order valence-corrected chi connectivity index (χ1v) is 10.0. The minimum Gasteiger partial charge on any atom is -0.381 e. The van der Waals surface area contributed by atoms with Crippen molar-refractivity contribution in [2.45, 2.75) is 57.9 Å². The van der Waals surface area contributed by atoms with Crippen LogP contribution in [-0.2, 0) is 16.1 Å². The van der Waals surface area contributed by atoms with Gasteiger partial charge in [0.05, 0.1) is 0 Å². The van der Waals surface area contributed by atoms with Gasteiger partial charge in [-0.05, 0) is 61.1 Å². The van der Waals surface area contributed by atoms with Crippen LogP contribution in [0.4, 0.5) is 0 Å². The Kier molecular flexibility index (Phi) is 5.07. The van der Waals surface area contributed by atoms with E-state index in [1.165, 1.54) is 37.7 Å². The number of carbonyl (C=O) groups is 1. The fraction of sp³-hybridized carbons (Fsp3) is 0.714. The van der Waals surface area contributed by atoms with E-state index >= 15 is 0 Å². The van der Waals surface area contributed by atoms with Crippen LogP contribution in [0.3, 0.4) is 0 Å². The Labute approximate surface area is 151 Å². The van der Waals surface area contributed by atoms with Gasteiger partial charge in [0.2, 0.25) is 5.91 Å². The second-order valence-corrected chi connectivity index (χ2v) is 8.31. The lowest BCUT2D eigenvalue weighted by Crippen LogP contribution is -2.38. The molecule has 0 radical (unpaired) electrons. The molecule has 25 heavy (non-hydrogen) atoms. The predicted octanol–water partition coefficient (Wildman–Crippen LogP) is 3.81. The molecule has 2 saturated carbocycles. The molecular weight excluding hydrogens is 312 g/mol. The van der Waals surface area contributed by atoms with Crippen LogP contribution in [0.2, 0.25) is 0 Å². The number of pyridine rings is 1. The number of nitrogens with zero attached hydrogens (tertiary/aromatic N) is 2. The van der Waals surface area contributed by atoms with Gasteiger partial charge < -0.3 is 9.64 Å². The van der Waals surface area contributed by atoms with E-state index in [1.54, 1.807) is 0 Å². The van der Waals surface area contributed by atoms with Crippen LogP contribution < -0.4 is 0 Å². The van der Waals surface area contributed by atoms with Crippen LogP contribution in [0.25, 0.3) is 0 Å². The van der Waals surface area contributed by atoms with Crippen molar-refractivity contribution in [1.29, 1.82) is 0 Å². The summed E-state index contributed by atoms with van der Waals surface area (Å²) in [5, 5.41) is 0. The van der Waals surface area contributed by atoms with Gasteiger partial charge in [-0.15, -0.1) is 0 Å². The van der Waals surface area contributed by atoms with Crippen molar-refractivity contribution in [3.63, 3.8) is 0 Å². The van der Waals surface area contributed by atoms with Crippen molar-refractivity contribution >= 4 is 5.91 Å². The first-order valence-electron chi connectivity index (χ1n) is 10.0. The fourth-order valence-corrected chi connectivity index (χ4v) is 4.87. The molecule has 0 bridgehead atoms. The van der Waals surface area contributed by atoms with E-state index in [2.05, 4.69) is 9.88 Å². The summed E-state index contributed by atoms with van der Waals surface area (Å²) in [5.41, 5.74) is 1.46. The van der Waals surface area contributed by atoms with E-state index in [-0.39, 0.29) is 11.3 Å². The second-order valence-electron chi connectivity index (χ2n) is 8.31. The number of rotatable bonds is 5. The average Bonchev–Trinajstić information content (AvgIpc) is 3.35. The van der Waals surface area contributed by atoms with Gasteiger partial charge in [0.25, 0.3) is 0 Å². The summed E-state index contributed by atoms with van der Waals surface area (Å²) >= 11 is 0. The molecule has 1 saturated heterocycles. The molecule has 0 aromatic carbocycles. The molecule has 1 unspecified atom stereocenters. The lowest BCUT2D eigenvalue weighted by atomic mass is 9.88. The van der Waals surface area contributed by atoms with Gasteiger partial charge in [-0.25, -0.2) is 0 Å². The maximum Gasteiger partial charge on any atom is 0.226 e. The molecule has 0 N–H and O–H groups in total. The highest BCUT2D eigenvalue weighted by Gasteiger charge is 2.58. The van der Waals surface area contributed by atoms with Crippen molar-refractivity contribution in [3.8, 4) is 0 Å². The Balaban J connectivity index is 1.45. The third kappa shape index (κ3) is 3.89. The second kappa shape index (κ2) is 7.45. The summed E-state index contributed by atoms with van der Waals surface area (Å²) < 4.78 is 5.52. The Hall–Kier alpha value is -1.42. The lowest BCUT2D eigenvalue weighted by molar-refractivity contribution is -0.135. The topological polar surface area (TPSA) is 42.4 Å². The summed E-state index contributed by atoms with van der Waals surface area (Å²) in [7, 11) is 0. The largest absolute Gasteiger partial charge is 0.381 e. The molecule has 2 heterocycles. The average molecular weight is 342 g/mol.